The number of aliphatic imine (C=N–C) groups is 1. The Morgan fingerprint density at radius 3 is 2.91 bits per heavy atom. The molecular weight excluding hydrogens is 138 g/mol. The molecule has 0 amide bonds. The molecule has 1 rings (SSSR count). The summed E-state index contributed by atoms with van der Waals surface area (Å²) in [5.74, 6) is 0. The quantitative estimate of drug-likeness (QED) is 0.556. The monoisotopic (exact) mass is 149 g/mol. The van der Waals surface area contributed by atoms with Crippen LogP contribution in [0, 0.1) is 0 Å². The average molecular weight is 149 g/mol. The fraction of sp³-hybridized carbons (Fsp3) is 0.250. The second-order valence-electron chi connectivity index (χ2n) is 2.39. The Hall–Kier alpha value is -1.38. The Morgan fingerprint density at radius 1 is 1.45 bits per heavy atom. The second kappa shape index (κ2) is 3.14. The molecule has 1 N–H and O–H groups in total. The maximum absolute atomic E-state index is 4.04. The van der Waals surface area contributed by atoms with Gasteiger partial charge in [-0.15, -0.1) is 0 Å². The lowest BCUT2D eigenvalue weighted by molar-refractivity contribution is 0.957. The molecule has 58 valence electrons. The molecule has 0 aliphatic carbocycles. The van der Waals surface area contributed by atoms with Gasteiger partial charge in [0.2, 0.25) is 0 Å². The molecular formula is C8H11N3. The van der Waals surface area contributed by atoms with Crippen LogP contribution in [0.2, 0.25) is 0 Å². The van der Waals surface area contributed by atoms with E-state index in [1.54, 1.807) is 6.20 Å². The Bertz CT molecular complexity index is 259. The zero-order valence-corrected chi connectivity index (χ0v) is 6.76. The molecule has 0 spiro atoms. The van der Waals surface area contributed by atoms with Gasteiger partial charge in [0.1, 0.15) is 6.34 Å². The SMILES string of the molecule is C=C1C(C)=N/C=N\N/C=C\1C. The zero-order valence-electron chi connectivity index (χ0n) is 6.76. The summed E-state index contributed by atoms with van der Waals surface area (Å²) in [4.78, 5) is 4.04. The van der Waals surface area contributed by atoms with Crippen LogP contribution in [0.3, 0.4) is 0 Å². The van der Waals surface area contributed by atoms with Gasteiger partial charge in [0.25, 0.3) is 0 Å². The highest BCUT2D eigenvalue weighted by Crippen LogP contribution is 2.08. The van der Waals surface area contributed by atoms with E-state index in [-0.39, 0.29) is 0 Å². The maximum Gasteiger partial charge on any atom is 0.135 e. The van der Waals surface area contributed by atoms with Crippen molar-refractivity contribution in [1.29, 1.82) is 0 Å². The summed E-state index contributed by atoms with van der Waals surface area (Å²) < 4.78 is 0. The van der Waals surface area contributed by atoms with Crippen molar-refractivity contribution >= 4 is 12.1 Å². The van der Waals surface area contributed by atoms with Crippen molar-refractivity contribution in [3.63, 3.8) is 0 Å². The highest BCUT2D eigenvalue weighted by molar-refractivity contribution is 6.04. The van der Waals surface area contributed by atoms with E-state index < -0.39 is 0 Å². The number of nitrogens with zero attached hydrogens (tertiary/aromatic N) is 2. The number of hydrogen-bond donors (Lipinski definition) is 1. The first-order valence-corrected chi connectivity index (χ1v) is 3.39. The Morgan fingerprint density at radius 2 is 2.18 bits per heavy atom. The summed E-state index contributed by atoms with van der Waals surface area (Å²) in [6.45, 7) is 7.76. The highest BCUT2D eigenvalue weighted by atomic mass is 15.3. The van der Waals surface area contributed by atoms with Gasteiger partial charge in [0.15, 0.2) is 0 Å². The van der Waals surface area contributed by atoms with E-state index in [4.69, 9.17) is 0 Å². The Labute approximate surface area is 66.2 Å². The molecule has 0 unspecified atom stereocenters. The third-order valence-electron chi connectivity index (χ3n) is 1.58. The molecule has 3 heteroatoms. The standard InChI is InChI=1S/C8H11N3/c1-6-4-10-11-5-9-8(3)7(6)2/h4-5,10H,2H2,1,3H3/b6-4-,9-8?,11-5-. The van der Waals surface area contributed by atoms with Gasteiger partial charge in [-0.2, -0.15) is 5.10 Å². The smallest absolute Gasteiger partial charge is 0.135 e. The van der Waals surface area contributed by atoms with Crippen molar-refractivity contribution in [2.24, 2.45) is 10.1 Å². The molecule has 0 radical (unpaired) electrons. The summed E-state index contributed by atoms with van der Waals surface area (Å²) in [6, 6.07) is 0. The summed E-state index contributed by atoms with van der Waals surface area (Å²) in [7, 11) is 0. The molecule has 0 bridgehead atoms. The first-order chi connectivity index (χ1) is 5.22. The lowest BCUT2D eigenvalue weighted by atomic mass is 10.1. The van der Waals surface area contributed by atoms with Crippen molar-refractivity contribution in [2.75, 3.05) is 0 Å². The van der Waals surface area contributed by atoms with E-state index in [9.17, 15) is 0 Å². The number of hydrogen-bond acceptors (Lipinski definition) is 3. The lowest BCUT2D eigenvalue weighted by Crippen LogP contribution is -2.05. The third-order valence-corrected chi connectivity index (χ3v) is 1.58. The molecule has 3 nitrogen and oxygen atoms in total. The van der Waals surface area contributed by atoms with E-state index >= 15 is 0 Å². The number of hydrazone groups is 1. The topological polar surface area (TPSA) is 36.8 Å². The number of nitrogens with one attached hydrogen (secondary N) is 1. The minimum absolute atomic E-state index is 0.906. The van der Waals surface area contributed by atoms with Crippen LogP contribution in [0.15, 0.2) is 34.0 Å². The fourth-order valence-corrected chi connectivity index (χ4v) is 0.733. The van der Waals surface area contributed by atoms with Crippen LogP contribution in [0.5, 0.6) is 0 Å². The van der Waals surface area contributed by atoms with Gasteiger partial charge in [-0.05, 0) is 25.0 Å². The predicted octanol–water partition coefficient (Wildman–Crippen LogP) is 1.45. The second-order valence-corrected chi connectivity index (χ2v) is 2.39. The molecule has 11 heavy (non-hydrogen) atoms. The zero-order chi connectivity index (χ0) is 8.27. The van der Waals surface area contributed by atoms with Crippen molar-refractivity contribution < 1.29 is 0 Å². The summed E-state index contributed by atoms with van der Waals surface area (Å²) >= 11 is 0. The van der Waals surface area contributed by atoms with E-state index in [1.807, 2.05) is 13.8 Å². The van der Waals surface area contributed by atoms with Gasteiger partial charge in [-0.25, -0.2) is 4.99 Å². The average Bonchev–Trinajstić information content (AvgIpc) is 2.00. The molecule has 0 atom stereocenters. The summed E-state index contributed by atoms with van der Waals surface area (Å²) in [5.41, 5.74) is 5.64. The molecule has 0 fully saturated rings. The summed E-state index contributed by atoms with van der Waals surface area (Å²) in [6.07, 6.45) is 3.28. The van der Waals surface area contributed by atoms with Gasteiger partial charge < -0.3 is 0 Å². The fourth-order valence-electron chi connectivity index (χ4n) is 0.733. The van der Waals surface area contributed by atoms with Crippen molar-refractivity contribution in [3.8, 4) is 0 Å². The Balaban J connectivity index is 2.99. The maximum atomic E-state index is 4.04. The molecule has 0 aromatic rings. The van der Waals surface area contributed by atoms with E-state index in [0.29, 0.717) is 0 Å². The van der Waals surface area contributed by atoms with Crippen molar-refractivity contribution in [3.05, 3.63) is 23.9 Å². The molecule has 1 aliphatic heterocycles. The Kier molecular flexibility index (Phi) is 2.21. The van der Waals surface area contributed by atoms with Crippen LogP contribution in [0.25, 0.3) is 0 Å². The van der Waals surface area contributed by atoms with E-state index in [1.165, 1.54) is 6.34 Å². The van der Waals surface area contributed by atoms with Crippen LogP contribution >= 0.6 is 0 Å². The molecule has 1 aliphatic rings. The first-order valence-electron chi connectivity index (χ1n) is 3.39. The van der Waals surface area contributed by atoms with Gasteiger partial charge in [0, 0.05) is 11.9 Å². The van der Waals surface area contributed by atoms with Crippen LogP contribution in [-0.2, 0) is 0 Å². The van der Waals surface area contributed by atoms with Crippen LogP contribution in [0.1, 0.15) is 13.8 Å². The minimum atomic E-state index is 0.906. The third kappa shape index (κ3) is 1.77. The largest absolute Gasteiger partial charge is 0.284 e. The lowest BCUT2D eigenvalue weighted by Gasteiger charge is -2.06. The predicted molar refractivity (Wildman–Crippen MR) is 47.6 cm³/mol. The van der Waals surface area contributed by atoms with Crippen molar-refractivity contribution in [1.82, 2.24) is 5.43 Å². The highest BCUT2D eigenvalue weighted by Gasteiger charge is 2.00. The molecule has 1 heterocycles. The van der Waals surface area contributed by atoms with Gasteiger partial charge >= 0.3 is 0 Å². The molecule has 0 aromatic carbocycles. The van der Waals surface area contributed by atoms with Crippen LogP contribution in [0.4, 0.5) is 0 Å². The molecule has 0 aromatic heterocycles. The molecule has 0 saturated carbocycles. The minimum Gasteiger partial charge on any atom is -0.284 e. The first kappa shape index (κ1) is 7.72. The van der Waals surface area contributed by atoms with Gasteiger partial charge in [-0.3, -0.25) is 5.43 Å². The van der Waals surface area contributed by atoms with E-state index in [2.05, 4.69) is 22.1 Å². The van der Waals surface area contributed by atoms with Crippen LogP contribution in [-0.4, -0.2) is 12.1 Å². The van der Waals surface area contributed by atoms with Gasteiger partial charge in [0.05, 0.1) is 0 Å². The molecule has 0 saturated heterocycles. The normalized spacial score (nSPS) is 25.5. The summed E-state index contributed by atoms with van der Waals surface area (Å²) in [5, 5.41) is 3.79. The van der Waals surface area contributed by atoms with Gasteiger partial charge in [-0.1, -0.05) is 6.58 Å². The van der Waals surface area contributed by atoms with E-state index in [0.717, 1.165) is 16.9 Å². The number of rotatable bonds is 0. The van der Waals surface area contributed by atoms with Crippen molar-refractivity contribution in [2.45, 2.75) is 13.8 Å². The number of allylic oxidation sites excluding steroid dienone is 2. The van der Waals surface area contributed by atoms with Crippen LogP contribution < -0.4 is 5.43 Å².